The van der Waals surface area contributed by atoms with Crippen LogP contribution in [0.1, 0.15) is 17.0 Å². The lowest BCUT2D eigenvalue weighted by atomic mass is 10.2. The Morgan fingerprint density at radius 1 is 1.43 bits per heavy atom. The third-order valence-electron chi connectivity index (χ3n) is 2.63. The number of halogens is 1. The molecule has 0 N–H and O–H groups in total. The van der Waals surface area contributed by atoms with Crippen LogP contribution in [0, 0.1) is 6.92 Å². The molecule has 0 atom stereocenters. The summed E-state index contributed by atoms with van der Waals surface area (Å²) in [6, 6.07) is 7.24. The Balaban J connectivity index is 1.97. The van der Waals surface area contributed by atoms with Gasteiger partial charge in [-0.05, 0) is 31.2 Å². The molecule has 21 heavy (non-hydrogen) atoms. The van der Waals surface area contributed by atoms with Gasteiger partial charge in [-0.2, -0.15) is 0 Å². The van der Waals surface area contributed by atoms with Crippen LogP contribution in [0.4, 0.5) is 0 Å². The number of carbonyl (C=O) groups is 1. The molecule has 0 amide bonds. The number of hydrogen-bond acceptors (Lipinski definition) is 5. The van der Waals surface area contributed by atoms with Crippen molar-refractivity contribution in [3.63, 3.8) is 0 Å². The van der Waals surface area contributed by atoms with E-state index in [1.807, 2.05) is 18.2 Å². The highest BCUT2D eigenvalue weighted by atomic mass is 79.9. The van der Waals surface area contributed by atoms with E-state index < -0.39 is 5.97 Å². The highest BCUT2D eigenvalue weighted by Gasteiger charge is 2.05. The first-order valence-corrected chi connectivity index (χ1v) is 6.98. The molecule has 0 bridgehead atoms. The summed E-state index contributed by atoms with van der Waals surface area (Å²) in [6.07, 6.45) is 2.98. The maximum Gasteiger partial charge on any atom is 0.331 e. The van der Waals surface area contributed by atoms with Crippen LogP contribution < -0.4 is 4.74 Å². The highest BCUT2D eigenvalue weighted by molar-refractivity contribution is 9.10. The van der Waals surface area contributed by atoms with Crippen LogP contribution in [0.3, 0.4) is 0 Å². The minimum atomic E-state index is -0.460. The van der Waals surface area contributed by atoms with Gasteiger partial charge in [-0.15, -0.1) is 0 Å². The van der Waals surface area contributed by atoms with Crippen LogP contribution >= 0.6 is 15.9 Å². The first-order valence-electron chi connectivity index (χ1n) is 6.19. The number of benzene rings is 1. The van der Waals surface area contributed by atoms with Crippen molar-refractivity contribution in [2.24, 2.45) is 0 Å². The second-order valence-electron chi connectivity index (χ2n) is 4.26. The Morgan fingerprint density at radius 2 is 2.24 bits per heavy atom. The molecule has 0 radical (unpaired) electrons. The van der Waals surface area contributed by atoms with Crippen molar-refractivity contribution < 1.29 is 18.8 Å². The van der Waals surface area contributed by atoms with E-state index >= 15 is 0 Å². The number of aryl methyl sites for hydroxylation is 1. The molecule has 110 valence electrons. The second-order valence-corrected chi connectivity index (χ2v) is 5.17. The topological polar surface area (TPSA) is 61.6 Å². The van der Waals surface area contributed by atoms with E-state index in [1.165, 1.54) is 6.08 Å². The van der Waals surface area contributed by atoms with Gasteiger partial charge in [0, 0.05) is 22.2 Å². The minimum Gasteiger partial charge on any atom is -0.496 e. The van der Waals surface area contributed by atoms with E-state index in [1.54, 1.807) is 26.2 Å². The molecule has 0 aliphatic carbocycles. The first kappa shape index (κ1) is 15.3. The smallest absolute Gasteiger partial charge is 0.331 e. The van der Waals surface area contributed by atoms with Crippen molar-refractivity contribution in [2.75, 3.05) is 7.11 Å². The number of nitrogens with zero attached hydrogens (tertiary/aromatic N) is 1. The standard InChI is InChI=1S/C15H14BrNO4/c1-10-7-13(17-21-10)9-20-15(18)6-3-11-8-12(16)4-5-14(11)19-2/h3-8H,9H2,1-2H3/b6-3+. The lowest BCUT2D eigenvalue weighted by molar-refractivity contribution is -0.139. The number of rotatable bonds is 5. The average molecular weight is 352 g/mol. The molecule has 0 saturated carbocycles. The van der Waals surface area contributed by atoms with Gasteiger partial charge >= 0.3 is 5.97 Å². The Morgan fingerprint density at radius 3 is 2.90 bits per heavy atom. The van der Waals surface area contributed by atoms with Gasteiger partial charge in [0.2, 0.25) is 0 Å². The summed E-state index contributed by atoms with van der Waals surface area (Å²) in [5, 5.41) is 3.74. The van der Waals surface area contributed by atoms with E-state index in [2.05, 4.69) is 21.1 Å². The Labute approximate surface area is 130 Å². The zero-order valence-electron chi connectivity index (χ0n) is 11.6. The van der Waals surface area contributed by atoms with E-state index in [4.69, 9.17) is 14.0 Å². The molecule has 0 saturated heterocycles. The predicted octanol–water partition coefficient (Wildman–Crippen LogP) is 3.51. The quantitative estimate of drug-likeness (QED) is 0.609. The van der Waals surface area contributed by atoms with Crippen LogP contribution in [-0.2, 0) is 16.1 Å². The SMILES string of the molecule is COc1ccc(Br)cc1/C=C/C(=O)OCc1cc(C)on1. The van der Waals surface area contributed by atoms with Gasteiger partial charge in [0.05, 0.1) is 7.11 Å². The monoisotopic (exact) mass is 351 g/mol. The molecule has 6 heteroatoms. The van der Waals surface area contributed by atoms with Crippen LogP contribution in [0.5, 0.6) is 5.75 Å². The van der Waals surface area contributed by atoms with Crippen molar-refractivity contribution in [3.8, 4) is 5.75 Å². The summed E-state index contributed by atoms with van der Waals surface area (Å²) < 4.78 is 16.1. The van der Waals surface area contributed by atoms with E-state index in [9.17, 15) is 4.79 Å². The minimum absolute atomic E-state index is 0.0795. The van der Waals surface area contributed by atoms with Crippen molar-refractivity contribution >= 4 is 28.0 Å². The fourth-order valence-electron chi connectivity index (χ4n) is 1.67. The van der Waals surface area contributed by atoms with Crippen molar-refractivity contribution in [1.29, 1.82) is 0 Å². The van der Waals surface area contributed by atoms with Crippen LogP contribution in [0.2, 0.25) is 0 Å². The first-order chi connectivity index (χ1) is 10.1. The Hall–Kier alpha value is -2.08. The lowest BCUT2D eigenvalue weighted by Gasteiger charge is -2.04. The third-order valence-corrected chi connectivity index (χ3v) is 3.12. The summed E-state index contributed by atoms with van der Waals surface area (Å²) in [5.41, 5.74) is 1.36. The molecule has 0 unspecified atom stereocenters. The number of hydrogen-bond donors (Lipinski definition) is 0. The summed E-state index contributed by atoms with van der Waals surface area (Å²) in [5.74, 6) is 0.891. The zero-order chi connectivity index (χ0) is 15.2. The van der Waals surface area contributed by atoms with Gasteiger partial charge in [0.25, 0.3) is 0 Å². The zero-order valence-corrected chi connectivity index (χ0v) is 13.2. The Bertz CT molecular complexity index is 663. The molecule has 0 spiro atoms. The fourth-order valence-corrected chi connectivity index (χ4v) is 2.05. The van der Waals surface area contributed by atoms with E-state index in [-0.39, 0.29) is 6.61 Å². The second kappa shape index (κ2) is 7.08. The predicted molar refractivity (Wildman–Crippen MR) is 80.8 cm³/mol. The molecule has 5 nitrogen and oxygen atoms in total. The maximum absolute atomic E-state index is 11.7. The summed E-state index contributed by atoms with van der Waals surface area (Å²) in [6.45, 7) is 1.86. The maximum atomic E-state index is 11.7. The van der Waals surface area contributed by atoms with Gasteiger partial charge in [-0.1, -0.05) is 21.1 Å². The van der Waals surface area contributed by atoms with Crippen LogP contribution in [0.25, 0.3) is 6.08 Å². The molecule has 1 aromatic heterocycles. The molecule has 2 aromatic rings. The highest BCUT2D eigenvalue weighted by Crippen LogP contribution is 2.24. The molecule has 0 aliphatic rings. The molecule has 0 aliphatic heterocycles. The van der Waals surface area contributed by atoms with Crippen LogP contribution in [0.15, 0.2) is 39.3 Å². The number of carbonyl (C=O) groups excluding carboxylic acids is 1. The lowest BCUT2D eigenvalue weighted by Crippen LogP contribution is -2.00. The number of ether oxygens (including phenoxy) is 2. The molecular formula is C15H14BrNO4. The summed E-state index contributed by atoms with van der Waals surface area (Å²) >= 11 is 3.37. The molecule has 0 fully saturated rings. The summed E-state index contributed by atoms with van der Waals surface area (Å²) in [4.78, 5) is 11.7. The largest absolute Gasteiger partial charge is 0.496 e. The number of aromatic nitrogens is 1. The molecular weight excluding hydrogens is 338 g/mol. The van der Waals surface area contributed by atoms with Crippen molar-refractivity contribution in [1.82, 2.24) is 5.16 Å². The van der Waals surface area contributed by atoms with Crippen LogP contribution in [-0.4, -0.2) is 18.2 Å². The van der Waals surface area contributed by atoms with Gasteiger partial charge in [-0.3, -0.25) is 0 Å². The molecule has 2 rings (SSSR count). The third kappa shape index (κ3) is 4.46. The van der Waals surface area contributed by atoms with Crippen molar-refractivity contribution in [2.45, 2.75) is 13.5 Å². The normalized spacial score (nSPS) is 10.8. The average Bonchev–Trinajstić information content (AvgIpc) is 2.88. The van der Waals surface area contributed by atoms with Gasteiger partial charge in [0.1, 0.15) is 23.8 Å². The van der Waals surface area contributed by atoms with E-state index in [0.717, 1.165) is 10.0 Å². The number of esters is 1. The number of methoxy groups -OCH3 is 1. The Kier molecular flexibility index (Phi) is 5.16. The molecule has 1 aromatic carbocycles. The van der Waals surface area contributed by atoms with E-state index in [0.29, 0.717) is 17.2 Å². The van der Waals surface area contributed by atoms with Gasteiger partial charge in [-0.25, -0.2) is 4.79 Å². The van der Waals surface area contributed by atoms with Gasteiger partial charge < -0.3 is 14.0 Å². The molecule has 1 heterocycles. The van der Waals surface area contributed by atoms with Crippen molar-refractivity contribution in [3.05, 3.63) is 51.8 Å². The fraction of sp³-hybridized carbons (Fsp3) is 0.200. The van der Waals surface area contributed by atoms with Gasteiger partial charge in [0.15, 0.2) is 0 Å². The summed E-state index contributed by atoms with van der Waals surface area (Å²) in [7, 11) is 1.58.